The quantitative estimate of drug-likeness (QED) is 0.853. The summed E-state index contributed by atoms with van der Waals surface area (Å²) in [5.41, 5.74) is 4.80. The number of aryl methyl sites for hydroxylation is 2. The van der Waals surface area contributed by atoms with Gasteiger partial charge in [0.05, 0.1) is 4.47 Å². The van der Waals surface area contributed by atoms with Gasteiger partial charge in [0.1, 0.15) is 5.82 Å². The summed E-state index contributed by atoms with van der Waals surface area (Å²) in [6.45, 7) is 4.24. The molecule has 0 saturated heterocycles. The second-order valence-corrected chi connectivity index (χ2v) is 5.86. The molecule has 0 aliphatic rings. The molecule has 3 heteroatoms. The number of hydrogen-bond donors (Lipinski definition) is 1. The monoisotopic (exact) mass is 335 g/mol. The summed E-state index contributed by atoms with van der Waals surface area (Å²) in [4.78, 5) is 0. The van der Waals surface area contributed by atoms with Crippen LogP contribution in [-0.2, 0) is 6.42 Å². The fraction of sp³-hybridized carbons (Fsp3) is 0.294. The van der Waals surface area contributed by atoms with Crippen LogP contribution in [0.1, 0.15) is 28.3 Å². The number of rotatable bonds is 4. The van der Waals surface area contributed by atoms with E-state index in [4.69, 9.17) is 0 Å². The number of halogens is 2. The minimum absolute atomic E-state index is 0.175. The van der Waals surface area contributed by atoms with Crippen LogP contribution >= 0.6 is 15.9 Å². The van der Waals surface area contributed by atoms with Gasteiger partial charge in [0.15, 0.2) is 0 Å². The summed E-state index contributed by atoms with van der Waals surface area (Å²) in [5.74, 6) is -0.209. The molecule has 2 rings (SSSR count). The van der Waals surface area contributed by atoms with E-state index in [1.54, 1.807) is 6.07 Å². The molecule has 1 atom stereocenters. The fourth-order valence-corrected chi connectivity index (χ4v) is 3.08. The summed E-state index contributed by atoms with van der Waals surface area (Å²) in [5, 5.41) is 3.35. The van der Waals surface area contributed by atoms with Crippen molar-refractivity contribution in [1.82, 2.24) is 5.32 Å². The van der Waals surface area contributed by atoms with Gasteiger partial charge in [0, 0.05) is 6.04 Å². The van der Waals surface area contributed by atoms with E-state index < -0.39 is 0 Å². The van der Waals surface area contributed by atoms with Crippen molar-refractivity contribution < 1.29 is 4.39 Å². The van der Waals surface area contributed by atoms with Crippen LogP contribution in [0.3, 0.4) is 0 Å². The maximum absolute atomic E-state index is 13.6. The Labute approximate surface area is 128 Å². The van der Waals surface area contributed by atoms with E-state index in [0.717, 1.165) is 12.0 Å². The molecule has 0 aliphatic heterocycles. The molecule has 1 unspecified atom stereocenters. The average Bonchev–Trinajstić information content (AvgIpc) is 2.42. The zero-order valence-electron chi connectivity index (χ0n) is 12.0. The molecular formula is C17H19BrFN. The molecule has 106 valence electrons. The Morgan fingerprint density at radius 2 is 1.70 bits per heavy atom. The third-order valence-corrected chi connectivity index (χ3v) is 4.58. The molecule has 0 fully saturated rings. The highest BCUT2D eigenvalue weighted by Crippen LogP contribution is 2.28. The highest BCUT2D eigenvalue weighted by molar-refractivity contribution is 9.10. The molecule has 2 aromatic rings. The SMILES string of the molecule is CNC(Cc1cccc(F)c1Br)c1c(C)cccc1C. The van der Waals surface area contributed by atoms with Gasteiger partial charge in [-0.3, -0.25) is 0 Å². The largest absolute Gasteiger partial charge is 0.313 e. The normalized spacial score (nSPS) is 12.4. The second-order valence-electron chi connectivity index (χ2n) is 5.06. The van der Waals surface area contributed by atoms with Crippen LogP contribution in [-0.4, -0.2) is 7.05 Å². The topological polar surface area (TPSA) is 12.0 Å². The molecule has 20 heavy (non-hydrogen) atoms. The van der Waals surface area contributed by atoms with Crippen LogP contribution in [0.15, 0.2) is 40.9 Å². The van der Waals surface area contributed by atoms with Gasteiger partial charge in [-0.2, -0.15) is 0 Å². The first-order chi connectivity index (χ1) is 9.54. The predicted molar refractivity (Wildman–Crippen MR) is 85.5 cm³/mol. The average molecular weight is 336 g/mol. The lowest BCUT2D eigenvalue weighted by molar-refractivity contribution is 0.575. The lowest BCUT2D eigenvalue weighted by Crippen LogP contribution is -2.21. The van der Waals surface area contributed by atoms with Crippen LogP contribution in [0.4, 0.5) is 4.39 Å². The van der Waals surface area contributed by atoms with Gasteiger partial charge in [-0.1, -0.05) is 30.3 Å². The third-order valence-electron chi connectivity index (χ3n) is 3.69. The molecule has 2 aromatic carbocycles. The Balaban J connectivity index is 2.37. The Morgan fingerprint density at radius 3 is 2.30 bits per heavy atom. The number of hydrogen-bond acceptors (Lipinski definition) is 1. The number of likely N-dealkylation sites (N-methyl/N-ethyl adjacent to an activating group) is 1. The standard InChI is InChI=1S/C17H19BrFN/c1-11-6-4-7-12(2)16(11)15(20-3)10-13-8-5-9-14(19)17(13)18/h4-9,15,20H,10H2,1-3H3. The molecule has 0 bridgehead atoms. The maximum atomic E-state index is 13.6. The first kappa shape index (κ1) is 15.2. The minimum Gasteiger partial charge on any atom is -0.313 e. The van der Waals surface area contributed by atoms with Crippen LogP contribution in [0, 0.1) is 19.7 Å². The first-order valence-electron chi connectivity index (χ1n) is 6.71. The van der Waals surface area contributed by atoms with Gasteiger partial charge in [-0.05, 0) is 71.6 Å². The van der Waals surface area contributed by atoms with Gasteiger partial charge >= 0.3 is 0 Å². The second kappa shape index (κ2) is 6.51. The zero-order valence-corrected chi connectivity index (χ0v) is 13.6. The van der Waals surface area contributed by atoms with E-state index in [2.05, 4.69) is 53.3 Å². The van der Waals surface area contributed by atoms with Crippen LogP contribution < -0.4 is 5.32 Å². The van der Waals surface area contributed by atoms with Crippen molar-refractivity contribution in [2.24, 2.45) is 0 Å². The van der Waals surface area contributed by atoms with Crippen LogP contribution in [0.2, 0.25) is 0 Å². The van der Waals surface area contributed by atoms with Crippen molar-refractivity contribution in [2.45, 2.75) is 26.3 Å². The first-order valence-corrected chi connectivity index (χ1v) is 7.50. The van der Waals surface area contributed by atoms with E-state index in [9.17, 15) is 4.39 Å². The summed E-state index contributed by atoms with van der Waals surface area (Å²) in [6.07, 6.45) is 0.751. The number of benzene rings is 2. The highest BCUT2D eigenvalue weighted by atomic mass is 79.9. The van der Waals surface area contributed by atoms with E-state index >= 15 is 0 Å². The Hall–Kier alpha value is -1.19. The van der Waals surface area contributed by atoms with E-state index in [1.165, 1.54) is 22.8 Å². The van der Waals surface area contributed by atoms with E-state index in [0.29, 0.717) is 4.47 Å². The fourth-order valence-electron chi connectivity index (χ4n) is 2.65. The van der Waals surface area contributed by atoms with Crippen molar-refractivity contribution in [2.75, 3.05) is 7.05 Å². The predicted octanol–water partition coefficient (Wildman–Crippen LogP) is 4.71. The lowest BCUT2D eigenvalue weighted by Gasteiger charge is -2.22. The van der Waals surface area contributed by atoms with Gasteiger partial charge < -0.3 is 5.32 Å². The molecule has 0 amide bonds. The van der Waals surface area contributed by atoms with Crippen LogP contribution in [0.25, 0.3) is 0 Å². The van der Waals surface area contributed by atoms with E-state index in [-0.39, 0.29) is 11.9 Å². The summed E-state index contributed by atoms with van der Waals surface area (Å²) in [7, 11) is 1.95. The van der Waals surface area contributed by atoms with Crippen molar-refractivity contribution >= 4 is 15.9 Å². The minimum atomic E-state index is -0.209. The Bertz CT molecular complexity index is 590. The molecule has 1 nitrogen and oxygen atoms in total. The Kier molecular flexibility index (Phi) is 4.95. The molecular weight excluding hydrogens is 317 g/mol. The van der Waals surface area contributed by atoms with Crippen molar-refractivity contribution in [3.05, 3.63) is 68.9 Å². The van der Waals surface area contributed by atoms with Gasteiger partial charge in [-0.15, -0.1) is 0 Å². The number of nitrogens with one attached hydrogen (secondary N) is 1. The molecule has 0 spiro atoms. The molecule has 0 aliphatic carbocycles. The summed E-state index contributed by atoms with van der Waals surface area (Å²) < 4.78 is 14.2. The summed E-state index contributed by atoms with van der Waals surface area (Å²) >= 11 is 3.34. The van der Waals surface area contributed by atoms with Gasteiger partial charge in [0.25, 0.3) is 0 Å². The van der Waals surface area contributed by atoms with Crippen LogP contribution in [0.5, 0.6) is 0 Å². The molecule has 0 heterocycles. The van der Waals surface area contributed by atoms with Crippen molar-refractivity contribution in [3.63, 3.8) is 0 Å². The smallest absolute Gasteiger partial charge is 0.137 e. The summed E-state index contributed by atoms with van der Waals surface area (Å²) in [6, 6.07) is 11.7. The molecule has 0 saturated carbocycles. The molecule has 1 N–H and O–H groups in total. The van der Waals surface area contributed by atoms with E-state index in [1.807, 2.05) is 13.1 Å². The third kappa shape index (κ3) is 3.10. The lowest BCUT2D eigenvalue weighted by atomic mass is 9.92. The molecule has 0 radical (unpaired) electrons. The highest BCUT2D eigenvalue weighted by Gasteiger charge is 2.17. The van der Waals surface area contributed by atoms with Crippen molar-refractivity contribution in [1.29, 1.82) is 0 Å². The Morgan fingerprint density at radius 1 is 1.10 bits per heavy atom. The zero-order chi connectivity index (χ0) is 14.7. The maximum Gasteiger partial charge on any atom is 0.137 e. The van der Waals surface area contributed by atoms with Crippen molar-refractivity contribution in [3.8, 4) is 0 Å². The van der Waals surface area contributed by atoms with Gasteiger partial charge in [-0.25, -0.2) is 4.39 Å². The van der Waals surface area contributed by atoms with Gasteiger partial charge in [0.2, 0.25) is 0 Å². The molecule has 0 aromatic heterocycles.